The number of benzene rings is 2. The molecule has 0 atom stereocenters. The average molecular weight is 295 g/mol. The lowest BCUT2D eigenvalue weighted by Gasteiger charge is -2.12. The molecule has 0 amide bonds. The first-order valence-corrected chi connectivity index (χ1v) is 7.85. The fourth-order valence-electron chi connectivity index (χ4n) is 2.37. The quantitative estimate of drug-likeness (QED) is 0.786. The summed E-state index contributed by atoms with van der Waals surface area (Å²) in [5.74, 6) is 0.181. The van der Waals surface area contributed by atoms with Gasteiger partial charge in [-0.15, -0.1) is 0 Å². The lowest BCUT2D eigenvalue weighted by atomic mass is 10.1. The third kappa shape index (κ3) is 3.19. The Hall–Kier alpha value is -2.00. The number of ketones is 1. The minimum absolute atomic E-state index is 0.181. The Morgan fingerprint density at radius 1 is 1.10 bits per heavy atom. The van der Waals surface area contributed by atoms with Crippen molar-refractivity contribution in [1.29, 1.82) is 0 Å². The maximum Gasteiger partial charge on any atom is 0.158 e. The highest BCUT2D eigenvalue weighted by atomic mass is 32.2. The fraction of sp³-hybridized carbons (Fsp3) is 0.167. The number of carbonyl (C=O) groups is 1. The summed E-state index contributed by atoms with van der Waals surface area (Å²) in [5, 5.41) is 1.01. The molecule has 106 valence electrons. The van der Waals surface area contributed by atoms with E-state index in [4.69, 9.17) is 0 Å². The largest absolute Gasteiger partial charge is 0.338 e. The number of anilines is 1. The van der Waals surface area contributed by atoms with E-state index < -0.39 is 0 Å². The first-order valence-electron chi connectivity index (χ1n) is 7.03. The maximum absolute atomic E-state index is 12.2. The molecule has 0 bridgehead atoms. The van der Waals surface area contributed by atoms with Gasteiger partial charge in [-0.2, -0.15) is 0 Å². The van der Waals surface area contributed by atoms with E-state index in [1.807, 2.05) is 37.4 Å². The van der Waals surface area contributed by atoms with Crippen molar-refractivity contribution in [2.75, 3.05) is 11.9 Å². The van der Waals surface area contributed by atoms with Crippen LogP contribution in [0.5, 0.6) is 0 Å². The Labute approximate surface area is 129 Å². The highest BCUT2D eigenvalue weighted by Gasteiger charge is 2.21. The van der Waals surface area contributed by atoms with Gasteiger partial charge in [0.15, 0.2) is 5.78 Å². The average Bonchev–Trinajstić information content (AvgIpc) is 2.83. The van der Waals surface area contributed by atoms with Crippen molar-refractivity contribution in [3.05, 3.63) is 71.3 Å². The third-order valence-electron chi connectivity index (χ3n) is 3.56. The van der Waals surface area contributed by atoms with Crippen molar-refractivity contribution in [2.24, 2.45) is 0 Å². The van der Waals surface area contributed by atoms with Gasteiger partial charge >= 0.3 is 0 Å². The molecule has 3 heteroatoms. The van der Waals surface area contributed by atoms with Gasteiger partial charge in [0.2, 0.25) is 0 Å². The zero-order valence-corrected chi connectivity index (χ0v) is 12.8. The molecule has 0 radical (unpaired) electrons. The molecule has 0 N–H and O–H groups in total. The predicted octanol–water partition coefficient (Wildman–Crippen LogP) is 4.27. The lowest BCUT2D eigenvalue weighted by molar-refractivity contribution is -0.114. The molecule has 0 fully saturated rings. The summed E-state index contributed by atoms with van der Waals surface area (Å²) < 4.78 is 0. The van der Waals surface area contributed by atoms with E-state index in [-0.39, 0.29) is 5.78 Å². The monoisotopic (exact) mass is 295 g/mol. The second kappa shape index (κ2) is 6.19. The molecule has 1 aliphatic heterocycles. The van der Waals surface area contributed by atoms with Crippen LogP contribution in [0.25, 0.3) is 0 Å². The van der Waals surface area contributed by atoms with Gasteiger partial charge in [-0.3, -0.25) is 4.79 Å². The standard InChI is InChI=1S/C18H17NOS/c1-19-16-9-5-6-10-17(16)21-18(19)13-15(20)12-11-14-7-3-2-4-8-14/h2-10,13H,11-12H2,1H3/b18-13-. The third-order valence-corrected chi connectivity index (χ3v) is 4.73. The molecule has 2 aromatic carbocycles. The Kier molecular flexibility index (Phi) is 4.11. The van der Waals surface area contributed by atoms with Crippen molar-refractivity contribution >= 4 is 23.2 Å². The number of nitrogens with zero attached hydrogens (tertiary/aromatic N) is 1. The Morgan fingerprint density at radius 3 is 2.57 bits per heavy atom. The first kappa shape index (κ1) is 14.0. The van der Waals surface area contributed by atoms with Gasteiger partial charge in [-0.05, 0) is 24.1 Å². The zero-order valence-electron chi connectivity index (χ0n) is 12.0. The molecule has 3 rings (SSSR count). The smallest absolute Gasteiger partial charge is 0.158 e. The van der Waals surface area contributed by atoms with Crippen LogP contribution in [-0.4, -0.2) is 12.8 Å². The van der Waals surface area contributed by atoms with Gasteiger partial charge in [0.25, 0.3) is 0 Å². The van der Waals surface area contributed by atoms with Crippen LogP contribution in [0.15, 0.2) is 70.6 Å². The topological polar surface area (TPSA) is 20.3 Å². The molecule has 0 saturated heterocycles. The molecular weight excluding hydrogens is 278 g/mol. The molecule has 0 aliphatic carbocycles. The number of hydrogen-bond donors (Lipinski definition) is 0. The minimum Gasteiger partial charge on any atom is -0.338 e. The molecule has 2 aromatic rings. The highest BCUT2D eigenvalue weighted by molar-refractivity contribution is 8.03. The molecule has 0 unspecified atom stereocenters. The van der Waals surface area contributed by atoms with Crippen molar-refractivity contribution in [1.82, 2.24) is 0 Å². The summed E-state index contributed by atoms with van der Waals surface area (Å²) in [4.78, 5) is 15.4. The van der Waals surface area contributed by atoms with Crippen LogP contribution in [0.2, 0.25) is 0 Å². The SMILES string of the molecule is CN1/C(=C/C(=O)CCc2ccccc2)Sc2ccccc21. The maximum atomic E-state index is 12.2. The molecule has 0 spiro atoms. The summed E-state index contributed by atoms with van der Waals surface area (Å²) in [6.45, 7) is 0. The number of fused-ring (bicyclic) bond motifs is 1. The van der Waals surface area contributed by atoms with E-state index in [2.05, 4.69) is 29.2 Å². The van der Waals surface area contributed by atoms with Gasteiger partial charge in [0.05, 0.1) is 10.7 Å². The van der Waals surface area contributed by atoms with E-state index in [1.165, 1.54) is 16.1 Å². The van der Waals surface area contributed by atoms with E-state index in [1.54, 1.807) is 17.8 Å². The van der Waals surface area contributed by atoms with Gasteiger partial charge < -0.3 is 4.90 Å². The summed E-state index contributed by atoms with van der Waals surface area (Å²) in [6.07, 6.45) is 3.12. The number of carbonyl (C=O) groups excluding carboxylic acids is 1. The fourth-order valence-corrected chi connectivity index (χ4v) is 3.48. The zero-order chi connectivity index (χ0) is 14.7. The van der Waals surface area contributed by atoms with Crippen molar-refractivity contribution < 1.29 is 4.79 Å². The van der Waals surface area contributed by atoms with Crippen LogP contribution in [0.4, 0.5) is 5.69 Å². The van der Waals surface area contributed by atoms with Crippen LogP contribution >= 0.6 is 11.8 Å². The van der Waals surface area contributed by atoms with E-state index in [9.17, 15) is 4.79 Å². The van der Waals surface area contributed by atoms with Crippen LogP contribution in [0, 0.1) is 0 Å². The van der Waals surface area contributed by atoms with Crippen molar-refractivity contribution in [3.63, 3.8) is 0 Å². The van der Waals surface area contributed by atoms with E-state index >= 15 is 0 Å². The van der Waals surface area contributed by atoms with E-state index in [0.717, 1.165) is 11.4 Å². The molecule has 21 heavy (non-hydrogen) atoms. The Balaban J connectivity index is 1.65. The van der Waals surface area contributed by atoms with Gasteiger partial charge in [0.1, 0.15) is 0 Å². The van der Waals surface area contributed by atoms with Gasteiger partial charge in [-0.25, -0.2) is 0 Å². The summed E-state index contributed by atoms with van der Waals surface area (Å²) in [6, 6.07) is 18.4. The Bertz CT molecular complexity index is 679. The van der Waals surface area contributed by atoms with Crippen molar-refractivity contribution in [3.8, 4) is 0 Å². The second-order valence-corrected chi connectivity index (χ2v) is 6.13. The van der Waals surface area contributed by atoms with Crippen LogP contribution in [-0.2, 0) is 11.2 Å². The molecule has 0 aromatic heterocycles. The van der Waals surface area contributed by atoms with Crippen LogP contribution in [0.3, 0.4) is 0 Å². The molecular formula is C18H17NOS. The number of thioether (sulfide) groups is 1. The lowest BCUT2D eigenvalue weighted by Crippen LogP contribution is -2.11. The number of para-hydroxylation sites is 1. The minimum atomic E-state index is 0.181. The first-order chi connectivity index (χ1) is 10.2. The Morgan fingerprint density at radius 2 is 1.81 bits per heavy atom. The number of aryl methyl sites for hydroxylation is 1. The summed E-state index contributed by atoms with van der Waals surface area (Å²) >= 11 is 1.66. The van der Waals surface area contributed by atoms with Gasteiger partial charge in [-0.1, -0.05) is 54.2 Å². The van der Waals surface area contributed by atoms with Crippen molar-refractivity contribution in [2.45, 2.75) is 17.7 Å². The highest BCUT2D eigenvalue weighted by Crippen LogP contribution is 2.44. The second-order valence-electron chi connectivity index (χ2n) is 5.06. The van der Waals surface area contributed by atoms with E-state index in [0.29, 0.717) is 6.42 Å². The van der Waals surface area contributed by atoms with Gasteiger partial charge in [0, 0.05) is 24.4 Å². The summed E-state index contributed by atoms with van der Waals surface area (Å²) in [7, 11) is 2.01. The molecule has 0 saturated carbocycles. The number of allylic oxidation sites excluding steroid dienone is 1. The summed E-state index contributed by atoms with van der Waals surface area (Å²) in [5.41, 5.74) is 2.38. The normalized spacial score (nSPS) is 15.3. The van der Waals surface area contributed by atoms with Crippen LogP contribution in [0.1, 0.15) is 12.0 Å². The van der Waals surface area contributed by atoms with Crippen LogP contribution < -0.4 is 4.90 Å². The molecule has 2 nitrogen and oxygen atoms in total. The number of hydrogen-bond acceptors (Lipinski definition) is 3. The molecule has 1 aliphatic rings. The molecule has 1 heterocycles. The predicted molar refractivity (Wildman–Crippen MR) is 88.6 cm³/mol. The number of rotatable bonds is 4.